The maximum Gasteiger partial charge on any atom is 0.324 e. The molecule has 1 fully saturated rings. The Morgan fingerprint density at radius 1 is 0.930 bits per heavy atom. The molecule has 0 unspecified atom stereocenters. The van der Waals surface area contributed by atoms with Gasteiger partial charge < -0.3 is 10.1 Å². The smallest absolute Gasteiger partial charge is 0.324 e. The Balaban J connectivity index is 1.27. The van der Waals surface area contributed by atoms with Crippen molar-refractivity contribution < 1.29 is 9.53 Å². The van der Waals surface area contributed by atoms with Crippen molar-refractivity contribution in [2.24, 2.45) is 5.92 Å². The van der Waals surface area contributed by atoms with Crippen LogP contribution in [0.5, 0.6) is 0 Å². The van der Waals surface area contributed by atoms with E-state index in [9.17, 15) is 4.79 Å². The topological polar surface area (TPSA) is 81.1 Å². The third kappa shape index (κ3) is 6.47. The van der Waals surface area contributed by atoms with Gasteiger partial charge in [-0.3, -0.25) is 10.3 Å². The summed E-state index contributed by atoms with van der Waals surface area (Å²) in [6.07, 6.45) is 5.08. The number of aryl methyl sites for hydroxylation is 1. The Bertz CT molecular complexity index is 1740. The normalized spacial score (nSPS) is 14.1. The van der Waals surface area contributed by atoms with Gasteiger partial charge in [-0.2, -0.15) is 5.10 Å². The Morgan fingerprint density at radius 2 is 1.72 bits per heavy atom. The fourth-order valence-electron chi connectivity index (χ4n) is 5.70. The molecule has 3 aromatic carbocycles. The van der Waals surface area contributed by atoms with Gasteiger partial charge in [0.05, 0.1) is 23.3 Å². The highest BCUT2D eigenvalue weighted by atomic mass is 16.5. The summed E-state index contributed by atoms with van der Waals surface area (Å²) in [4.78, 5) is 17.8. The average molecular weight is 574 g/mol. The fraction of sp³-hybridized carbons (Fsp3) is 0.306. The number of fused-ring (bicyclic) bond motifs is 1. The van der Waals surface area contributed by atoms with Gasteiger partial charge >= 0.3 is 6.03 Å². The second-order valence-corrected chi connectivity index (χ2v) is 12.5. The zero-order valence-electron chi connectivity index (χ0n) is 25.4. The van der Waals surface area contributed by atoms with Crippen LogP contribution in [0.15, 0.2) is 85.1 Å². The molecule has 6 rings (SSSR count). The number of anilines is 2. The summed E-state index contributed by atoms with van der Waals surface area (Å²) in [6, 6.07) is 26.7. The van der Waals surface area contributed by atoms with E-state index in [2.05, 4.69) is 78.9 Å². The van der Waals surface area contributed by atoms with Crippen LogP contribution in [0.1, 0.15) is 50.6 Å². The van der Waals surface area contributed by atoms with E-state index in [1.165, 1.54) is 11.1 Å². The van der Waals surface area contributed by atoms with E-state index in [0.717, 1.165) is 71.6 Å². The monoisotopic (exact) mass is 573 g/mol. The van der Waals surface area contributed by atoms with Crippen molar-refractivity contribution in [2.45, 2.75) is 52.4 Å². The van der Waals surface area contributed by atoms with Gasteiger partial charge in [-0.05, 0) is 72.4 Å². The SMILES string of the molecule is Cc1ccc(-n2nc(C(C)(C)C)cc2NC(=O)Nc2ccc(-c3cccc(CC4CCOCC4)c3)c3ccccc23)cn1. The summed E-state index contributed by atoms with van der Waals surface area (Å²) in [6.45, 7) is 9.97. The summed E-state index contributed by atoms with van der Waals surface area (Å²) in [7, 11) is 0. The van der Waals surface area contributed by atoms with Crippen LogP contribution in [-0.2, 0) is 16.6 Å². The molecular formula is C36H39N5O2. The molecule has 0 spiro atoms. The Morgan fingerprint density at radius 3 is 2.47 bits per heavy atom. The Labute approximate surface area is 253 Å². The molecule has 1 aliphatic heterocycles. The van der Waals surface area contributed by atoms with Crippen molar-refractivity contribution in [3.8, 4) is 16.8 Å². The van der Waals surface area contributed by atoms with Crippen molar-refractivity contribution in [3.05, 3.63) is 102 Å². The second kappa shape index (κ2) is 12.0. The van der Waals surface area contributed by atoms with Gasteiger partial charge in [-0.25, -0.2) is 9.48 Å². The lowest BCUT2D eigenvalue weighted by atomic mass is 9.90. The molecule has 1 aliphatic rings. The molecule has 1 saturated heterocycles. The highest BCUT2D eigenvalue weighted by Crippen LogP contribution is 2.35. The van der Waals surface area contributed by atoms with Gasteiger partial charge in [0, 0.05) is 35.8 Å². The molecule has 0 radical (unpaired) electrons. The molecule has 7 nitrogen and oxygen atoms in total. The number of nitrogens with one attached hydrogen (secondary N) is 2. The highest BCUT2D eigenvalue weighted by molar-refractivity contribution is 6.09. The van der Waals surface area contributed by atoms with Crippen molar-refractivity contribution in [2.75, 3.05) is 23.8 Å². The number of benzene rings is 3. The van der Waals surface area contributed by atoms with Crippen molar-refractivity contribution in [1.82, 2.24) is 14.8 Å². The molecule has 0 bridgehead atoms. The fourth-order valence-corrected chi connectivity index (χ4v) is 5.70. The third-order valence-electron chi connectivity index (χ3n) is 8.14. The number of aromatic nitrogens is 3. The van der Waals surface area contributed by atoms with Crippen LogP contribution < -0.4 is 10.6 Å². The number of rotatable bonds is 6. The number of urea groups is 1. The van der Waals surface area contributed by atoms with Crippen molar-refractivity contribution in [3.63, 3.8) is 0 Å². The van der Waals surface area contributed by atoms with Crippen LogP contribution >= 0.6 is 0 Å². The molecule has 220 valence electrons. The van der Waals surface area contributed by atoms with E-state index in [-0.39, 0.29) is 11.4 Å². The van der Waals surface area contributed by atoms with Crippen LogP contribution in [0.3, 0.4) is 0 Å². The molecule has 3 heterocycles. The second-order valence-electron chi connectivity index (χ2n) is 12.5. The standard InChI is InChI=1S/C36H39N5O2/c1-24-12-13-28(23-37-24)41-34(22-33(40-41)36(2,3)4)39-35(42)38-32-15-14-29(30-10-5-6-11-31(30)32)27-9-7-8-26(21-27)20-25-16-18-43-19-17-25/h5-15,21-23,25H,16-20H2,1-4H3,(H2,38,39,42). The molecule has 2 amide bonds. The highest BCUT2D eigenvalue weighted by Gasteiger charge is 2.22. The van der Waals surface area contributed by atoms with Gasteiger partial charge in [0.2, 0.25) is 0 Å². The van der Waals surface area contributed by atoms with E-state index < -0.39 is 0 Å². The first-order chi connectivity index (χ1) is 20.7. The lowest BCUT2D eigenvalue weighted by Crippen LogP contribution is -2.21. The minimum atomic E-state index is -0.335. The number of pyridine rings is 1. The number of carbonyl (C=O) groups is 1. The molecular weight excluding hydrogens is 534 g/mol. The molecule has 0 aliphatic carbocycles. The predicted octanol–water partition coefficient (Wildman–Crippen LogP) is 8.31. The maximum atomic E-state index is 13.4. The lowest BCUT2D eigenvalue weighted by molar-refractivity contribution is 0.0665. The molecule has 5 aromatic rings. The predicted molar refractivity (Wildman–Crippen MR) is 174 cm³/mol. The number of hydrogen-bond donors (Lipinski definition) is 2. The number of ether oxygens (including phenoxy) is 1. The molecule has 2 N–H and O–H groups in total. The third-order valence-corrected chi connectivity index (χ3v) is 8.14. The van der Waals surface area contributed by atoms with Crippen molar-refractivity contribution in [1.29, 1.82) is 0 Å². The number of hydrogen-bond acceptors (Lipinski definition) is 4. The van der Waals surface area contributed by atoms with E-state index in [4.69, 9.17) is 9.84 Å². The average Bonchev–Trinajstić information content (AvgIpc) is 3.43. The van der Waals surface area contributed by atoms with E-state index >= 15 is 0 Å². The molecule has 0 saturated carbocycles. The van der Waals surface area contributed by atoms with Crippen molar-refractivity contribution >= 4 is 28.3 Å². The Hall–Kier alpha value is -4.49. The molecule has 2 aromatic heterocycles. The molecule has 43 heavy (non-hydrogen) atoms. The first-order valence-electron chi connectivity index (χ1n) is 15.0. The van der Waals surface area contributed by atoms with Crippen LogP contribution in [0.4, 0.5) is 16.3 Å². The van der Waals surface area contributed by atoms with Crippen LogP contribution in [0, 0.1) is 12.8 Å². The van der Waals surface area contributed by atoms with Gasteiger partial charge in [0.15, 0.2) is 0 Å². The van der Waals surface area contributed by atoms with E-state index in [1.54, 1.807) is 10.9 Å². The van der Waals surface area contributed by atoms with Gasteiger partial charge in [-0.1, -0.05) is 75.4 Å². The summed E-state index contributed by atoms with van der Waals surface area (Å²) in [5, 5.41) is 13.0. The minimum Gasteiger partial charge on any atom is -0.381 e. The van der Waals surface area contributed by atoms with E-state index in [0.29, 0.717) is 11.7 Å². The summed E-state index contributed by atoms with van der Waals surface area (Å²) >= 11 is 0. The van der Waals surface area contributed by atoms with Gasteiger partial charge in [0.25, 0.3) is 0 Å². The number of nitrogens with zero attached hydrogens (tertiary/aromatic N) is 3. The quantitative estimate of drug-likeness (QED) is 0.214. The van der Waals surface area contributed by atoms with E-state index in [1.807, 2.05) is 43.3 Å². The van der Waals surface area contributed by atoms with Crippen LogP contribution in [0.2, 0.25) is 0 Å². The summed E-state index contributed by atoms with van der Waals surface area (Å²) in [5.41, 5.74) is 6.81. The summed E-state index contributed by atoms with van der Waals surface area (Å²) < 4.78 is 7.29. The number of amides is 2. The first kappa shape index (κ1) is 28.6. The minimum absolute atomic E-state index is 0.190. The number of carbonyl (C=O) groups excluding carboxylic acids is 1. The molecule has 0 atom stereocenters. The zero-order valence-corrected chi connectivity index (χ0v) is 25.4. The first-order valence-corrected chi connectivity index (χ1v) is 15.0. The largest absolute Gasteiger partial charge is 0.381 e. The van der Waals surface area contributed by atoms with Gasteiger partial charge in [0.1, 0.15) is 5.82 Å². The summed E-state index contributed by atoms with van der Waals surface area (Å²) in [5.74, 6) is 1.25. The zero-order chi connectivity index (χ0) is 30.0. The van der Waals surface area contributed by atoms with Crippen LogP contribution in [-0.4, -0.2) is 34.0 Å². The van der Waals surface area contributed by atoms with Crippen LogP contribution in [0.25, 0.3) is 27.6 Å². The van der Waals surface area contributed by atoms with Gasteiger partial charge in [-0.15, -0.1) is 0 Å². The Kier molecular flexibility index (Phi) is 8.00. The molecule has 7 heteroatoms. The maximum absolute atomic E-state index is 13.4. The lowest BCUT2D eigenvalue weighted by Gasteiger charge is -2.22.